The van der Waals surface area contributed by atoms with Gasteiger partial charge in [-0.3, -0.25) is 14.6 Å². The Balaban J connectivity index is 1.71. The van der Waals surface area contributed by atoms with Gasteiger partial charge in [-0.15, -0.1) is 0 Å². The van der Waals surface area contributed by atoms with Gasteiger partial charge in [0.2, 0.25) is 11.3 Å². The quantitative estimate of drug-likeness (QED) is 0.658. The number of benzene rings is 1. The van der Waals surface area contributed by atoms with Crippen molar-refractivity contribution >= 4 is 11.7 Å². The highest BCUT2D eigenvalue weighted by atomic mass is 16.6. The Hall–Kier alpha value is -3.65. The number of carbonyl (C=O) groups is 2. The summed E-state index contributed by atoms with van der Waals surface area (Å²) in [6.07, 6.45) is 5.65. The second-order valence-corrected chi connectivity index (χ2v) is 8.86. The smallest absolute Gasteiger partial charge is 0.270 e. The second kappa shape index (κ2) is 7.18. The van der Waals surface area contributed by atoms with Crippen molar-refractivity contribution in [3.05, 3.63) is 76.3 Å². The molecule has 0 spiro atoms. The van der Waals surface area contributed by atoms with E-state index in [-0.39, 0.29) is 17.1 Å². The molecule has 1 saturated carbocycles. The maximum absolute atomic E-state index is 14.0. The number of amides is 1. The van der Waals surface area contributed by atoms with Crippen LogP contribution in [0.15, 0.2) is 59.6 Å². The topological polar surface area (TPSA) is 124 Å². The van der Waals surface area contributed by atoms with Crippen LogP contribution in [-0.4, -0.2) is 34.7 Å². The molecule has 8 nitrogen and oxygen atoms in total. The molecule has 2 unspecified atom stereocenters. The fraction of sp³-hybridized carbons (Fsp3) is 0.320. The summed E-state index contributed by atoms with van der Waals surface area (Å²) in [5.74, 6) is -2.27. The van der Waals surface area contributed by atoms with Gasteiger partial charge in [0.1, 0.15) is 11.5 Å². The van der Waals surface area contributed by atoms with Gasteiger partial charge in [-0.25, -0.2) is 0 Å². The molecule has 1 amide bonds. The predicted octanol–water partition coefficient (Wildman–Crippen LogP) is 2.44. The molecule has 33 heavy (non-hydrogen) atoms. The molecule has 2 atom stereocenters. The van der Waals surface area contributed by atoms with Gasteiger partial charge >= 0.3 is 0 Å². The number of nitrogens with one attached hydrogen (secondary N) is 1. The minimum Gasteiger partial charge on any atom is -0.495 e. The first-order chi connectivity index (χ1) is 15.7. The zero-order valence-corrected chi connectivity index (χ0v) is 18.6. The van der Waals surface area contributed by atoms with Crippen LogP contribution in [0.4, 0.5) is 0 Å². The highest BCUT2D eigenvalue weighted by molar-refractivity contribution is 6.16. The van der Waals surface area contributed by atoms with Gasteiger partial charge in [0.25, 0.3) is 11.7 Å². The Kier molecular flexibility index (Phi) is 4.61. The first kappa shape index (κ1) is 21.2. The number of methoxy groups -OCH3 is 1. The van der Waals surface area contributed by atoms with Gasteiger partial charge < -0.3 is 25.6 Å². The van der Waals surface area contributed by atoms with Crippen LogP contribution in [0.25, 0.3) is 0 Å². The van der Waals surface area contributed by atoms with E-state index in [1.807, 2.05) is 19.9 Å². The summed E-state index contributed by atoms with van der Waals surface area (Å²) in [6, 6.07) is 6.93. The van der Waals surface area contributed by atoms with E-state index in [9.17, 15) is 14.7 Å². The number of pyridine rings is 1. The number of hydrogen-bond donors (Lipinski definition) is 3. The molecule has 1 fully saturated rings. The van der Waals surface area contributed by atoms with E-state index in [1.165, 1.54) is 25.6 Å². The average Bonchev–Trinajstić information content (AvgIpc) is 3.16. The number of aliphatic hydroxyl groups is 1. The molecule has 2 aliphatic carbocycles. The molecule has 1 aliphatic heterocycles. The van der Waals surface area contributed by atoms with Gasteiger partial charge in [-0.1, -0.05) is 32.1 Å². The third-order valence-corrected chi connectivity index (χ3v) is 6.64. The standard InChI is InChI=1S/C25H25N3O5/c1-13(2)14-7-8-17-20(10-14)33-25(31)18-5-4-6-19(26)21(18)22(29)24(17,25)28-23(30)15-9-16(32-3)12-27-11-15/h5,7-13,31H,4,6,26H2,1-3H3,(H,28,30). The molecule has 2 heterocycles. The molecule has 3 aliphatic rings. The summed E-state index contributed by atoms with van der Waals surface area (Å²) < 4.78 is 11.3. The van der Waals surface area contributed by atoms with Crippen LogP contribution in [0.3, 0.4) is 0 Å². The number of Topliss-reactive ketones (excluding diaryl/α,β-unsaturated/α-hetero) is 1. The molecule has 0 radical (unpaired) electrons. The molecule has 8 heteroatoms. The number of allylic oxidation sites excluding steroid dienone is 2. The monoisotopic (exact) mass is 447 g/mol. The van der Waals surface area contributed by atoms with Gasteiger partial charge in [0.05, 0.1) is 18.9 Å². The summed E-state index contributed by atoms with van der Waals surface area (Å²) in [6.45, 7) is 4.08. The lowest BCUT2D eigenvalue weighted by molar-refractivity contribution is -0.152. The average molecular weight is 447 g/mol. The molecule has 4 N–H and O–H groups in total. The number of fused-ring (bicyclic) bond motifs is 5. The van der Waals surface area contributed by atoms with Crippen LogP contribution in [-0.2, 0) is 10.3 Å². The van der Waals surface area contributed by atoms with Crippen molar-refractivity contribution in [2.75, 3.05) is 7.11 Å². The number of rotatable bonds is 4. The lowest BCUT2D eigenvalue weighted by atomic mass is 9.82. The summed E-state index contributed by atoms with van der Waals surface area (Å²) in [4.78, 5) is 31.4. The zero-order valence-electron chi connectivity index (χ0n) is 18.6. The van der Waals surface area contributed by atoms with Crippen molar-refractivity contribution in [2.45, 2.75) is 43.9 Å². The lowest BCUT2D eigenvalue weighted by Crippen LogP contribution is -2.62. The fourth-order valence-corrected chi connectivity index (χ4v) is 4.89. The number of carbonyl (C=O) groups excluding carboxylic acids is 2. The molecule has 0 bridgehead atoms. The van der Waals surface area contributed by atoms with Gasteiger partial charge in [-0.05, 0) is 36.5 Å². The SMILES string of the molecule is COc1cncc(C(=O)NC23C(=O)C4=C(N)CCC=C4C2(O)Oc2cc(C(C)C)ccc23)c1. The van der Waals surface area contributed by atoms with Crippen molar-refractivity contribution in [1.29, 1.82) is 0 Å². The van der Waals surface area contributed by atoms with E-state index in [0.29, 0.717) is 41.2 Å². The largest absolute Gasteiger partial charge is 0.495 e. The molecule has 1 aromatic carbocycles. The Labute approximate surface area is 191 Å². The van der Waals surface area contributed by atoms with Crippen molar-refractivity contribution < 1.29 is 24.2 Å². The number of ether oxygens (including phenoxy) is 2. The Morgan fingerprint density at radius 1 is 1.30 bits per heavy atom. The predicted molar refractivity (Wildman–Crippen MR) is 120 cm³/mol. The first-order valence-electron chi connectivity index (χ1n) is 10.8. The Morgan fingerprint density at radius 3 is 2.82 bits per heavy atom. The number of ketones is 1. The molecule has 2 aromatic rings. The summed E-state index contributed by atoms with van der Waals surface area (Å²) >= 11 is 0. The van der Waals surface area contributed by atoms with Crippen LogP contribution in [0, 0.1) is 0 Å². The van der Waals surface area contributed by atoms with E-state index in [4.69, 9.17) is 15.2 Å². The summed E-state index contributed by atoms with van der Waals surface area (Å²) in [7, 11) is 1.47. The van der Waals surface area contributed by atoms with Crippen molar-refractivity contribution in [3.8, 4) is 11.5 Å². The van der Waals surface area contributed by atoms with E-state index < -0.39 is 23.0 Å². The number of nitrogens with two attached hydrogens (primary N) is 1. The van der Waals surface area contributed by atoms with Gasteiger partial charge in [0, 0.05) is 28.6 Å². The minimum absolute atomic E-state index is 0.178. The van der Waals surface area contributed by atoms with Gasteiger partial charge in [-0.2, -0.15) is 0 Å². The van der Waals surface area contributed by atoms with E-state index in [0.717, 1.165) is 5.56 Å². The molecule has 170 valence electrons. The summed E-state index contributed by atoms with van der Waals surface area (Å²) in [5, 5.41) is 14.8. The molecule has 1 aromatic heterocycles. The Bertz CT molecular complexity index is 1260. The minimum atomic E-state index is -2.12. The zero-order chi connectivity index (χ0) is 23.5. The Morgan fingerprint density at radius 2 is 2.09 bits per heavy atom. The van der Waals surface area contributed by atoms with Crippen molar-refractivity contribution in [1.82, 2.24) is 10.3 Å². The molecule has 5 rings (SSSR count). The van der Waals surface area contributed by atoms with Crippen LogP contribution in [0.1, 0.15) is 54.1 Å². The normalized spacial score (nSPS) is 25.2. The maximum atomic E-state index is 14.0. The van der Waals surface area contributed by atoms with Crippen LogP contribution in [0.5, 0.6) is 11.5 Å². The summed E-state index contributed by atoms with van der Waals surface area (Å²) in [5.41, 5.74) is 6.76. The van der Waals surface area contributed by atoms with E-state index in [2.05, 4.69) is 10.3 Å². The third kappa shape index (κ3) is 2.77. The number of nitrogens with zero attached hydrogens (tertiary/aromatic N) is 1. The molecule has 0 saturated heterocycles. The van der Waals surface area contributed by atoms with E-state index in [1.54, 1.807) is 18.2 Å². The molecular weight excluding hydrogens is 422 g/mol. The third-order valence-electron chi connectivity index (χ3n) is 6.64. The van der Waals surface area contributed by atoms with Crippen molar-refractivity contribution in [2.24, 2.45) is 5.73 Å². The number of hydrogen-bond acceptors (Lipinski definition) is 7. The highest BCUT2D eigenvalue weighted by Crippen LogP contribution is 2.59. The van der Waals surface area contributed by atoms with Gasteiger partial charge in [0.15, 0.2) is 0 Å². The van der Waals surface area contributed by atoms with Crippen LogP contribution in [0.2, 0.25) is 0 Å². The van der Waals surface area contributed by atoms with Crippen LogP contribution >= 0.6 is 0 Å². The second-order valence-electron chi connectivity index (χ2n) is 8.86. The fourth-order valence-electron chi connectivity index (χ4n) is 4.89. The van der Waals surface area contributed by atoms with Crippen LogP contribution < -0.4 is 20.5 Å². The van der Waals surface area contributed by atoms with Crippen molar-refractivity contribution in [3.63, 3.8) is 0 Å². The lowest BCUT2D eigenvalue weighted by Gasteiger charge is -2.34. The molecular formula is C25H25N3O5. The highest BCUT2D eigenvalue weighted by Gasteiger charge is 2.74. The van der Waals surface area contributed by atoms with E-state index >= 15 is 0 Å². The maximum Gasteiger partial charge on any atom is 0.270 e. The first-order valence-corrected chi connectivity index (χ1v) is 10.8. The number of aromatic nitrogens is 1.